The molecule has 0 amide bonds. The van der Waals surface area contributed by atoms with Crippen LogP contribution >= 0.6 is 0 Å². The number of aryl methyl sites for hydroxylation is 1. The Bertz CT molecular complexity index is 1310. The van der Waals surface area contributed by atoms with E-state index in [1.165, 1.54) is 11.8 Å². The third kappa shape index (κ3) is 4.00. The Labute approximate surface area is 187 Å². The Kier molecular flexibility index (Phi) is 5.22. The minimum atomic E-state index is -2.94. The van der Waals surface area contributed by atoms with Gasteiger partial charge in [-0.25, -0.2) is 8.42 Å². The number of nitrogens with zero attached hydrogens (tertiary/aromatic N) is 3. The number of nitrogens with one attached hydrogen (secondary N) is 1. The van der Waals surface area contributed by atoms with Crippen LogP contribution in [0.2, 0.25) is 0 Å². The topological polar surface area (TPSA) is 95.0 Å². The number of H-pyrrole nitrogens is 1. The molecule has 7 nitrogen and oxygen atoms in total. The summed E-state index contributed by atoms with van der Waals surface area (Å²) in [5.74, 6) is 0. The molecule has 0 saturated carbocycles. The molecule has 32 heavy (non-hydrogen) atoms. The summed E-state index contributed by atoms with van der Waals surface area (Å²) in [6, 6.07) is 10.00. The van der Waals surface area contributed by atoms with Crippen molar-refractivity contribution in [3.05, 3.63) is 74.7 Å². The number of benzene rings is 1. The number of likely N-dealkylation sites (tertiary alicyclic amines) is 1. The lowest BCUT2D eigenvalue weighted by Gasteiger charge is -2.31. The predicted molar refractivity (Wildman–Crippen MR) is 127 cm³/mol. The normalized spacial score (nSPS) is 21.1. The fourth-order valence-corrected chi connectivity index (χ4v) is 5.87. The van der Waals surface area contributed by atoms with Gasteiger partial charge in [0.15, 0.2) is 6.17 Å². The molecule has 0 radical (unpaired) electrons. The second kappa shape index (κ2) is 7.94. The van der Waals surface area contributed by atoms with Gasteiger partial charge in [0, 0.05) is 36.2 Å². The Hall–Kier alpha value is -2.84. The average molecular weight is 451 g/mol. The third-order valence-electron chi connectivity index (χ3n) is 6.53. The van der Waals surface area contributed by atoms with Crippen LogP contribution in [0.5, 0.6) is 0 Å². The van der Waals surface area contributed by atoms with E-state index in [0.717, 1.165) is 53.3 Å². The fourth-order valence-electron chi connectivity index (χ4n) is 4.81. The van der Waals surface area contributed by atoms with Crippen LogP contribution in [0.4, 0.5) is 0 Å². The second-order valence-electron chi connectivity index (χ2n) is 8.87. The summed E-state index contributed by atoms with van der Waals surface area (Å²) in [7, 11) is -2.94. The number of piperidine rings is 1. The minimum absolute atomic E-state index is 0.123. The van der Waals surface area contributed by atoms with Crippen molar-refractivity contribution in [1.82, 2.24) is 9.88 Å². The summed E-state index contributed by atoms with van der Waals surface area (Å²) in [4.78, 5) is 26.2. The van der Waals surface area contributed by atoms with Crippen LogP contribution < -0.4 is 5.56 Å². The van der Waals surface area contributed by atoms with Gasteiger partial charge in [-0.3, -0.25) is 19.7 Å². The van der Waals surface area contributed by atoms with Crippen molar-refractivity contribution in [2.75, 3.05) is 19.3 Å². The molecule has 1 unspecified atom stereocenters. The van der Waals surface area contributed by atoms with Crippen LogP contribution in [0.25, 0.3) is 5.57 Å². The van der Waals surface area contributed by atoms with E-state index in [1.54, 1.807) is 12.3 Å². The molecule has 8 heteroatoms. The lowest BCUT2D eigenvalue weighted by atomic mass is 9.95. The maximum Gasteiger partial charge on any atom is 0.248 e. The van der Waals surface area contributed by atoms with Gasteiger partial charge < -0.3 is 4.98 Å². The van der Waals surface area contributed by atoms with E-state index >= 15 is 0 Å². The van der Waals surface area contributed by atoms with Gasteiger partial charge in [0.1, 0.15) is 9.84 Å². The molecular weight excluding hydrogens is 424 g/mol. The van der Waals surface area contributed by atoms with Gasteiger partial charge in [0.05, 0.1) is 16.7 Å². The molecule has 0 spiro atoms. The number of aliphatic imine (C=N–C) groups is 2. The summed E-state index contributed by atoms with van der Waals surface area (Å²) in [6.07, 6.45) is 6.25. The first-order valence-electron chi connectivity index (χ1n) is 10.9. The van der Waals surface area contributed by atoms with E-state index in [0.29, 0.717) is 12.8 Å². The van der Waals surface area contributed by atoms with E-state index in [1.807, 2.05) is 6.92 Å². The zero-order chi connectivity index (χ0) is 22.5. The number of aromatic amines is 1. The summed E-state index contributed by atoms with van der Waals surface area (Å²) in [6.45, 7) is 4.37. The molecule has 3 aliphatic rings. The number of fused-ring (bicyclic) bond motifs is 3. The highest BCUT2D eigenvalue weighted by Crippen LogP contribution is 2.34. The zero-order valence-electron chi connectivity index (χ0n) is 18.2. The maximum atomic E-state index is 11.8. The fraction of sp³-hybridized carbons (Fsp3) is 0.375. The molecule has 0 aliphatic carbocycles. The van der Waals surface area contributed by atoms with Crippen molar-refractivity contribution in [2.24, 2.45) is 9.98 Å². The number of allylic oxidation sites excluding steroid dienone is 1. The molecule has 5 rings (SSSR count). The monoisotopic (exact) mass is 450 g/mol. The molecule has 3 aliphatic heterocycles. The van der Waals surface area contributed by atoms with E-state index in [4.69, 9.17) is 4.99 Å². The van der Waals surface area contributed by atoms with Gasteiger partial charge in [-0.2, -0.15) is 0 Å². The van der Waals surface area contributed by atoms with Crippen LogP contribution in [-0.4, -0.2) is 61.0 Å². The highest BCUT2D eigenvalue weighted by Gasteiger charge is 2.29. The van der Waals surface area contributed by atoms with Gasteiger partial charge in [-0.05, 0) is 55.6 Å². The lowest BCUT2D eigenvalue weighted by molar-refractivity contribution is 0.222. The zero-order valence-corrected chi connectivity index (χ0v) is 19.0. The van der Waals surface area contributed by atoms with Crippen LogP contribution in [0, 0.1) is 6.92 Å². The summed E-state index contributed by atoms with van der Waals surface area (Å²) < 4.78 is 23.5. The first-order chi connectivity index (χ1) is 15.3. The molecule has 166 valence electrons. The molecule has 1 atom stereocenters. The standard InChI is InChI=1S/C24H26N4O3S/c1-15-11-22(29)26-21-13-25-24-19(23(15)21)12-20(27-24)17-5-3-16(4-6-17)14-28-9-7-18(8-10-28)32(2,30)31/h3-6,11-13,18,24H,7-10,14H2,1-2H3,(H,26,29). The quantitative estimate of drug-likeness (QED) is 0.774. The van der Waals surface area contributed by atoms with Crippen molar-refractivity contribution in [3.63, 3.8) is 0 Å². The van der Waals surface area contributed by atoms with Gasteiger partial charge in [0.25, 0.3) is 0 Å². The molecular formula is C24H26N4O3S. The molecule has 1 saturated heterocycles. The number of hydrogen-bond donors (Lipinski definition) is 1. The number of rotatable bonds is 4. The summed E-state index contributed by atoms with van der Waals surface area (Å²) in [5.41, 5.74) is 6.70. The first-order valence-corrected chi connectivity index (χ1v) is 12.8. The highest BCUT2D eigenvalue weighted by atomic mass is 32.2. The highest BCUT2D eigenvalue weighted by molar-refractivity contribution is 7.91. The molecule has 1 fully saturated rings. The molecule has 1 N–H and O–H groups in total. The van der Waals surface area contributed by atoms with Crippen LogP contribution in [0.15, 0.2) is 51.2 Å². The largest absolute Gasteiger partial charge is 0.321 e. The Morgan fingerprint density at radius 3 is 2.56 bits per heavy atom. The second-order valence-corrected chi connectivity index (χ2v) is 11.2. The van der Waals surface area contributed by atoms with Crippen molar-refractivity contribution in [2.45, 2.75) is 37.7 Å². The van der Waals surface area contributed by atoms with Crippen molar-refractivity contribution in [3.8, 4) is 0 Å². The van der Waals surface area contributed by atoms with Crippen molar-refractivity contribution < 1.29 is 8.42 Å². The summed E-state index contributed by atoms with van der Waals surface area (Å²) >= 11 is 0. The SMILES string of the molecule is Cc1cc(=O)[nH]c2c1C1=CC(c3ccc(CN4CCC(S(C)(=O)=O)CC4)cc3)=NC1N=C2. The molecule has 0 bridgehead atoms. The van der Waals surface area contributed by atoms with Gasteiger partial charge in [-0.15, -0.1) is 0 Å². The number of pyridine rings is 1. The summed E-state index contributed by atoms with van der Waals surface area (Å²) in [5, 5.41) is -0.202. The van der Waals surface area contributed by atoms with Crippen LogP contribution in [0.3, 0.4) is 0 Å². The molecule has 2 aromatic rings. The minimum Gasteiger partial charge on any atom is -0.321 e. The molecule has 1 aromatic carbocycles. The first kappa shape index (κ1) is 21.0. The average Bonchev–Trinajstić information content (AvgIpc) is 3.18. The van der Waals surface area contributed by atoms with E-state index < -0.39 is 9.84 Å². The number of hydrogen-bond acceptors (Lipinski definition) is 6. The van der Waals surface area contributed by atoms with Gasteiger partial charge in [0.2, 0.25) is 5.56 Å². The smallest absolute Gasteiger partial charge is 0.248 e. The maximum absolute atomic E-state index is 11.8. The Morgan fingerprint density at radius 1 is 1.16 bits per heavy atom. The Balaban J connectivity index is 1.30. The van der Waals surface area contributed by atoms with E-state index in [9.17, 15) is 13.2 Å². The third-order valence-corrected chi connectivity index (χ3v) is 8.21. The Morgan fingerprint density at radius 2 is 1.88 bits per heavy atom. The lowest BCUT2D eigenvalue weighted by Crippen LogP contribution is -2.38. The molecule has 1 aromatic heterocycles. The van der Waals surface area contributed by atoms with Crippen molar-refractivity contribution >= 4 is 27.3 Å². The predicted octanol–water partition coefficient (Wildman–Crippen LogP) is 2.34. The molecule has 4 heterocycles. The van der Waals surface area contributed by atoms with E-state index in [2.05, 4.69) is 45.2 Å². The number of sulfone groups is 1. The van der Waals surface area contributed by atoms with Crippen LogP contribution in [0.1, 0.15) is 40.8 Å². The van der Waals surface area contributed by atoms with Crippen LogP contribution in [-0.2, 0) is 16.4 Å². The number of aromatic nitrogens is 1. The van der Waals surface area contributed by atoms with Gasteiger partial charge >= 0.3 is 0 Å². The van der Waals surface area contributed by atoms with Gasteiger partial charge in [-0.1, -0.05) is 24.3 Å². The van der Waals surface area contributed by atoms with Crippen molar-refractivity contribution in [1.29, 1.82) is 0 Å². The van der Waals surface area contributed by atoms with E-state index in [-0.39, 0.29) is 17.0 Å².